The Hall–Kier alpha value is -2.49. The summed E-state index contributed by atoms with van der Waals surface area (Å²) in [6.07, 6.45) is 6.75. The highest BCUT2D eigenvalue weighted by atomic mass is 19.1. The fraction of sp³-hybridized carbons (Fsp3) is 0.400. The molecule has 4 heteroatoms. The molecule has 0 saturated heterocycles. The topological polar surface area (TPSA) is 26.3 Å². The molecule has 29 heavy (non-hydrogen) atoms. The van der Waals surface area contributed by atoms with Crippen molar-refractivity contribution in [2.45, 2.75) is 58.3 Å². The zero-order valence-electron chi connectivity index (χ0n) is 17.0. The minimum Gasteiger partial charge on any atom is -0.426 e. The van der Waals surface area contributed by atoms with Gasteiger partial charge in [0.25, 0.3) is 0 Å². The van der Waals surface area contributed by atoms with Gasteiger partial charge in [0.2, 0.25) is 0 Å². The van der Waals surface area contributed by atoms with Crippen LogP contribution in [0.1, 0.15) is 55.2 Å². The van der Waals surface area contributed by atoms with E-state index in [-0.39, 0.29) is 17.5 Å². The second-order valence-corrected chi connectivity index (χ2v) is 7.98. The van der Waals surface area contributed by atoms with Crippen molar-refractivity contribution in [3.8, 4) is 5.75 Å². The molecule has 2 aromatic rings. The molecule has 1 aliphatic rings. The number of hydrogen-bond donors (Lipinski definition) is 0. The van der Waals surface area contributed by atoms with Crippen LogP contribution < -0.4 is 4.74 Å². The normalized spacial score (nSPS) is 14.8. The van der Waals surface area contributed by atoms with Crippen LogP contribution in [-0.2, 0) is 17.6 Å². The van der Waals surface area contributed by atoms with Gasteiger partial charge in [-0.3, -0.25) is 4.79 Å². The number of hydrogen-bond acceptors (Lipinski definition) is 2. The lowest BCUT2D eigenvalue weighted by Crippen LogP contribution is -2.23. The Morgan fingerprint density at radius 2 is 1.55 bits per heavy atom. The molecule has 0 amide bonds. The van der Waals surface area contributed by atoms with Gasteiger partial charge in [-0.2, -0.15) is 0 Å². The number of benzene rings is 2. The first-order valence-corrected chi connectivity index (χ1v) is 10.3. The summed E-state index contributed by atoms with van der Waals surface area (Å²) < 4.78 is 32.7. The molecule has 0 bridgehead atoms. The molecule has 0 aliphatic heterocycles. The van der Waals surface area contributed by atoms with Crippen LogP contribution >= 0.6 is 0 Å². The van der Waals surface area contributed by atoms with Gasteiger partial charge < -0.3 is 4.74 Å². The second kappa shape index (κ2) is 9.82. The largest absolute Gasteiger partial charge is 0.426 e. The number of aryl methyl sites for hydroxylation is 2. The molecule has 0 aromatic heterocycles. The van der Waals surface area contributed by atoms with Crippen molar-refractivity contribution in [3.05, 3.63) is 76.9 Å². The Labute approximate surface area is 171 Å². The number of carbonyl (C=O) groups is 1. The van der Waals surface area contributed by atoms with Gasteiger partial charge in [0.1, 0.15) is 17.4 Å². The van der Waals surface area contributed by atoms with Crippen molar-refractivity contribution in [2.75, 3.05) is 0 Å². The monoisotopic (exact) mass is 398 g/mol. The maximum atomic E-state index is 13.6. The van der Waals surface area contributed by atoms with Crippen molar-refractivity contribution >= 4 is 5.97 Å². The number of unbranched alkanes of at least 4 members (excludes halogenated alkanes) is 1. The van der Waals surface area contributed by atoms with Gasteiger partial charge in [0.15, 0.2) is 0 Å². The van der Waals surface area contributed by atoms with E-state index in [0.717, 1.165) is 50.5 Å². The van der Waals surface area contributed by atoms with E-state index in [1.54, 1.807) is 0 Å². The van der Waals surface area contributed by atoms with Crippen LogP contribution in [0.2, 0.25) is 0 Å². The predicted octanol–water partition coefficient (Wildman–Crippen LogP) is 6.49. The predicted molar refractivity (Wildman–Crippen MR) is 111 cm³/mol. The molecule has 0 atom stereocenters. The van der Waals surface area contributed by atoms with Crippen molar-refractivity contribution in [2.24, 2.45) is 5.92 Å². The number of allylic oxidation sites excluding steroid dienone is 1. The molecule has 154 valence electrons. The molecule has 1 saturated carbocycles. The van der Waals surface area contributed by atoms with E-state index in [0.29, 0.717) is 17.7 Å². The van der Waals surface area contributed by atoms with Gasteiger partial charge in [0.05, 0.1) is 5.92 Å². The van der Waals surface area contributed by atoms with Crippen LogP contribution in [0.5, 0.6) is 5.75 Å². The molecule has 2 nitrogen and oxygen atoms in total. The maximum Gasteiger partial charge on any atom is 0.314 e. The van der Waals surface area contributed by atoms with Crippen molar-refractivity contribution in [1.82, 2.24) is 0 Å². The summed E-state index contributed by atoms with van der Waals surface area (Å²) in [6, 6.07) is 10.4. The fourth-order valence-corrected chi connectivity index (χ4v) is 3.69. The Bertz CT molecular complexity index is 838. The minimum absolute atomic E-state index is 0.0309. The average Bonchev–Trinajstić information content (AvgIpc) is 2.71. The van der Waals surface area contributed by atoms with Gasteiger partial charge in [-0.15, -0.1) is 0 Å². The van der Waals surface area contributed by atoms with Gasteiger partial charge in [-0.05, 0) is 93.7 Å². The van der Waals surface area contributed by atoms with Crippen LogP contribution in [0.25, 0.3) is 0 Å². The summed E-state index contributed by atoms with van der Waals surface area (Å²) in [5, 5.41) is 0. The smallest absolute Gasteiger partial charge is 0.314 e. The molecule has 1 fully saturated rings. The highest BCUT2D eigenvalue weighted by Crippen LogP contribution is 2.28. The Morgan fingerprint density at radius 1 is 1.00 bits per heavy atom. The van der Waals surface area contributed by atoms with Crippen molar-refractivity contribution in [1.29, 1.82) is 0 Å². The highest BCUT2D eigenvalue weighted by molar-refractivity contribution is 5.75. The third kappa shape index (κ3) is 5.99. The summed E-state index contributed by atoms with van der Waals surface area (Å²) in [5.41, 5.74) is 3.14. The third-order valence-corrected chi connectivity index (χ3v) is 5.69. The van der Waals surface area contributed by atoms with E-state index in [9.17, 15) is 13.6 Å². The van der Waals surface area contributed by atoms with Gasteiger partial charge in [-0.1, -0.05) is 24.3 Å². The molecule has 1 aliphatic carbocycles. The average molecular weight is 398 g/mol. The lowest BCUT2D eigenvalue weighted by Gasteiger charge is -2.21. The van der Waals surface area contributed by atoms with E-state index in [2.05, 4.69) is 6.58 Å². The number of rotatable bonds is 7. The quantitative estimate of drug-likeness (QED) is 0.231. The van der Waals surface area contributed by atoms with E-state index in [4.69, 9.17) is 4.74 Å². The highest BCUT2D eigenvalue weighted by Gasteiger charge is 2.24. The molecule has 0 spiro atoms. The Balaban J connectivity index is 1.42. The second-order valence-electron chi connectivity index (χ2n) is 7.98. The van der Waals surface area contributed by atoms with Gasteiger partial charge >= 0.3 is 5.97 Å². The van der Waals surface area contributed by atoms with E-state index in [1.165, 1.54) is 24.6 Å². The molecular formula is C25H28F2O2. The zero-order chi connectivity index (χ0) is 20.8. The van der Waals surface area contributed by atoms with Gasteiger partial charge in [0, 0.05) is 5.56 Å². The number of esters is 1. The van der Waals surface area contributed by atoms with Crippen LogP contribution in [0.4, 0.5) is 8.78 Å². The Kier molecular flexibility index (Phi) is 7.18. The first kappa shape index (κ1) is 21.2. The van der Waals surface area contributed by atoms with E-state index < -0.39 is 11.6 Å². The van der Waals surface area contributed by atoms with Crippen molar-refractivity contribution in [3.63, 3.8) is 0 Å². The van der Waals surface area contributed by atoms with E-state index >= 15 is 0 Å². The van der Waals surface area contributed by atoms with Crippen molar-refractivity contribution < 1.29 is 18.3 Å². The first-order chi connectivity index (χ1) is 13.9. The SMILES string of the molecule is C=C1CCC(C(=O)Oc2ccc(CCCCc3cc(F)c(C)c(F)c3)cc2)CC1. The molecule has 0 N–H and O–H groups in total. The van der Waals surface area contributed by atoms with Crippen LogP contribution in [-0.4, -0.2) is 5.97 Å². The summed E-state index contributed by atoms with van der Waals surface area (Å²) in [5.74, 6) is -0.570. The number of ether oxygens (including phenoxy) is 1. The Morgan fingerprint density at radius 3 is 2.14 bits per heavy atom. The fourth-order valence-electron chi connectivity index (χ4n) is 3.69. The lowest BCUT2D eigenvalue weighted by atomic mass is 9.87. The summed E-state index contributed by atoms with van der Waals surface area (Å²) in [7, 11) is 0. The number of carbonyl (C=O) groups excluding carboxylic acids is 1. The number of halogens is 2. The standard InChI is InChI=1S/C25H28F2O2/c1-17-7-11-21(12-8-17)25(28)29-22-13-9-19(10-14-22)5-3-4-6-20-15-23(26)18(2)24(27)16-20/h9-10,13-16,21H,1,3-8,11-12H2,2H3. The first-order valence-electron chi connectivity index (χ1n) is 10.3. The molecule has 0 radical (unpaired) electrons. The van der Waals surface area contributed by atoms with Gasteiger partial charge in [-0.25, -0.2) is 8.78 Å². The molecule has 3 rings (SSSR count). The van der Waals surface area contributed by atoms with Crippen LogP contribution in [0.3, 0.4) is 0 Å². The van der Waals surface area contributed by atoms with E-state index in [1.807, 2.05) is 24.3 Å². The molecule has 0 unspecified atom stereocenters. The minimum atomic E-state index is -0.483. The molecule has 2 aromatic carbocycles. The summed E-state index contributed by atoms with van der Waals surface area (Å²) >= 11 is 0. The summed E-state index contributed by atoms with van der Waals surface area (Å²) in [4.78, 5) is 12.3. The third-order valence-electron chi connectivity index (χ3n) is 5.69. The maximum absolute atomic E-state index is 13.6. The molecule has 0 heterocycles. The van der Waals surface area contributed by atoms with Crippen LogP contribution in [0.15, 0.2) is 48.6 Å². The summed E-state index contributed by atoms with van der Waals surface area (Å²) in [6.45, 7) is 5.42. The van der Waals surface area contributed by atoms with Crippen LogP contribution in [0, 0.1) is 24.5 Å². The zero-order valence-corrected chi connectivity index (χ0v) is 17.0. The molecular weight excluding hydrogens is 370 g/mol. The lowest BCUT2D eigenvalue weighted by molar-refractivity contribution is -0.139.